The number of carbonyl (C=O) groups is 1. The molecule has 16 heavy (non-hydrogen) atoms. The Balaban J connectivity index is 1.89. The minimum Gasteiger partial charge on any atom is -0.334 e. The molecule has 84 valence electrons. The summed E-state index contributed by atoms with van der Waals surface area (Å²) in [6.07, 6.45) is 5.07. The van der Waals surface area contributed by atoms with E-state index in [0.717, 1.165) is 25.1 Å². The zero-order valence-electron chi connectivity index (χ0n) is 9.10. The Morgan fingerprint density at radius 3 is 3.12 bits per heavy atom. The molecule has 0 aromatic carbocycles. The molecule has 3 heterocycles. The molecular weight excluding hydrogens is 202 g/mol. The highest BCUT2D eigenvalue weighted by Crippen LogP contribution is 2.30. The number of carbonyl (C=O) groups excluding carboxylic acids is 1. The highest BCUT2D eigenvalue weighted by atomic mass is 16.2. The van der Waals surface area contributed by atoms with E-state index in [9.17, 15) is 4.79 Å². The van der Waals surface area contributed by atoms with E-state index < -0.39 is 0 Å². The Morgan fingerprint density at radius 2 is 2.31 bits per heavy atom. The maximum atomic E-state index is 11.8. The first-order valence-electron chi connectivity index (χ1n) is 5.83. The number of amides is 1. The lowest BCUT2D eigenvalue weighted by molar-refractivity contribution is -0.122. The Morgan fingerprint density at radius 1 is 1.38 bits per heavy atom. The first kappa shape index (κ1) is 9.78. The van der Waals surface area contributed by atoms with Crippen molar-refractivity contribution in [3.8, 4) is 0 Å². The molecule has 3 rings (SSSR count). The summed E-state index contributed by atoms with van der Waals surface area (Å²) >= 11 is 0. The van der Waals surface area contributed by atoms with Gasteiger partial charge in [0.15, 0.2) is 0 Å². The van der Waals surface area contributed by atoms with Gasteiger partial charge in [-0.25, -0.2) is 0 Å². The maximum Gasteiger partial charge on any atom is 0.238 e. The average molecular weight is 217 g/mol. The minimum atomic E-state index is -0.0148. The van der Waals surface area contributed by atoms with Crippen molar-refractivity contribution >= 4 is 5.91 Å². The van der Waals surface area contributed by atoms with Gasteiger partial charge in [-0.05, 0) is 25.0 Å². The van der Waals surface area contributed by atoms with Crippen LogP contribution in [0.2, 0.25) is 0 Å². The van der Waals surface area contributed by atoms with Gasteiger partial charge in [0.05, 0.1) is 11.7 Å². The van der Waals surface area contributed by atoms with Crippen LogP contribution in [0.15, 0.2) is 24.4 Å². The molecule has 2 saturated heterocycles. The average Bonchev–Trinajstić information content (AvgIpc) is 2.69. The Labute approximate surface area is 94.7 Å². The van der Waals surface area contributed by atoms with Crippen LogP contribution >= 0.6 is 0 Å². The summed E-state index contributed by atoms with van der Waals surface area (Å²) in [4.78, 5) is 18.4. The van der Waals surface area contributed by atoms with Crippen LogP contribution in [0, 0.1) is 0 Å². The van der Waals surface area contributed by atoms with Crippen LogP contribution < -0.4 is 5.32 Å². The Hall–Kier alpha value is -1.42. The van der Waals surface area contributed by atoms with Crippen molar-refractivity contribution in [2.45, 2.75) is 31.5 Å². The molecule has 2 aliphatic heterocycles. The van der Waals surface area contributed by atoms with Gasteiger partial charge in [-0.1, -0.05) is 12.5 Å². The number of rotatable bonds is 1. The largest absolute Gasteiger partial charge is 0.334 e. The van der Waals surface area contributed by atoms with Crippen molar-refractivity contribution in [1.29, 1.82) is 0 Å². The zero-order valence-corrected chi connectivity index (χ0v) is 9.10. The Kier molecular flexibility index (Phi) is 2.36. The van der Waals surface area contributed by atoms with E-state index in [1.165, 1.54) is 6.42 Å². The molecule has 1 aromatic heterocycles. The summed E-state index contributed by atoms with van der Waals surface area (Å²) in [6.45, 7) is 0.991. The van der Waals surface area contributed by atoms with Crippen molar-refractivity contribution in [1.82, 2.24) is 15.2 Å². The van der Waals surface area contributed by atoms with Crippen LogP contribution in [-0.2, 0) is 4.79 Å². The fourth-order valence-corrected chi connectivity index (χ4v) is 2.64. The fourth-order valence-electron chi connectivity index (χ4n) is 2.64. The second kappa shape index (κ2) is 3.87. The molecule has 1 N–H and O–H groups in total. The van der Waals surface area contributed by atoms with Gasteiger partial charge in [0.25, 0.3) is 0 Å². The molecule has 0 spiro atoms. The molecule has 2 unspecified atom stereocenters. The number of hydrogen-bond donors (Lipinski definition) is 1. The molecule has 2 aliphatic rings. The predicted molar refractivity (Wildman–Crippen MR) is 59.5 cm³/mol. The summed E-state index contributed by atoms with van der Waals surface area (Å²) in [5, 5.41) is 3.04. The number of piperidine rings is 1. The van der Waals surface area contributed by atoms with E-state index in [4.69, 9.17) is 0 Å². The Bertz CT molecular complexity index is 393. The van der Waals surface area contributed by atoms with E-state index in [2.05, 4.69) is 15.2 Å². The van der Waals surface area contributed by atoms with Gasteiger partial charge >= 0.3 is 0 Å². The van der Waals surface area contributed by atoms with Crippen molar-refractivity contribution in [2.75, 3.05) is 6.54 Å². The van der Waals surface area contributed by atoms with Crippen molar-refractivity contribution in [3.63, 3.8) is 0 Å². The molecule has 0 bridgehead atoms. The van der Waals surface area contributed by atoms with Crippen LogP contribution in [0.3, 0.4) is 0 Å². The van der Waals surface area contributed by atoms with Crippen LogP contribution in [0.1, 0.15) is 31.1 Å². The minimum absolute atomic E-state index is 0.0148. The van der Waals surface area contributed by atoms with Crippen molar-refractivity contribution in [3.05, 3.63) is 30.1 Å². The molecule has 0 radical (unpaired) electrons. The first-order valence-corrected chi connectivity index (χ1v) is 5.83. The third-order valence-corrected chi connectivity index (χ3v) is 3.43. The van der Waals surface area contributed by atoms with Gasteiger partial charge in [-0.3, -0.25) is 14.7 Å². The lowest BCUT2D eigenvalue weighted by Crippen LogP contribution is -2.38. The van der Waals surface area contributed by atoms with E-state index in [-0.39, 0.29) is 18.1 Å². The highest BCUT2D eigenvalue weighted by Gasteiger charge is 2.41. The molecule has 0 aliphatic carbocycles. The molecule has 1 amide bonds. The predicted octanol–water partition coefficient (Wildman–Crippen LogP) is 1.06. The summed E-state index contributed by atoms with van der Waals surface area (Å²) in [5.41, 5.74) is 0.945. The summed E-state index contributed by atoms with van der Waals surface area (Å²) < 4.78 is 0. The number of nitrogens with one attached hydrogen (secondary N) is 1. The number of hydrogen-bond acceptors (Lipinski definition) is 3. The second-order valence-corrected chi connectivity index (χ2v) is 4.42. The van der Waals surface area contributed by atoms with Gasteiger partial charge in [0, 0.05) is 12.7 Å². The number of nitrogens with zero attached hydrogens (tertiary/aromatic N) is 2. The molecule has 4 nitrogen and oxygen atoms in total. The topological polar surface area (TPSA) is 45.2 Å². The normalized spacial score (nSPS) is 29.9. The lowest BCUT2D eigenvalue weighted by Gasteiger charge is -2.30. The molecule has 1 aromatic rings. The van der Waals surface area contributed by atoms with Gasteiger partial charge in [0.1, 0.15) is 6.17 Å². The smallest absolute Gasteiger partial charge is 0.238 e. The third kappa shape index (κ3) is 1.50. The van der Waals surface area contributed by atoms with Crippen molar-refractivity contribution in [2.24, 2.45) is 0 Å². The first-order chi connectivity index (χ1) is 7.86. The number of fused-ring (bicyclic) bond motifs is 1. The lowest BCUT2D eigenvalue weighted by atomic mass is 10.0. The maximum absolute atomic E-state index is 11.8. The zero-order chi connectivity index (χ0) is 11.0. The van der Waals surface area contributed by atoms with Crippen LogP contribution in [0.4, 0.5) is 0 Å². The van der Waals surface area contributed by atoms with Gasteiger partial charge in [0.2, 0.25) is 5.91 Å². The highest BCUT2D eigenvalue weighted by molar-refractivity contribution is 5.84. The fraction of sp³-hybridized carbons (Fsp3) is 0.500. The third-order valence-electron chi connectivity index (χ3n) is 3.43. The van der Waals surface area contributed by atoms with E-state index in [1.54, 1.807) is 6.20 Å². The summed E-state index contributed by atoms with van der Waals surface area (Å²) in [5.74, 6) is 0.162. The van der Waals surface area contributed by atoms with Gasteiger partial charge < -0.3 is 5.32 Å². The molecule has 0 saturated carbocycles. The monoisotopic (exact) mass is 217 g/mol. The molecule has 2 fully saturated rings. The molecule has 4 heteroatoms. The summed E-state index contributed by atoms with van der Waals surface area (Å²) in [6, 6.07) is 5.91. The van der Waals surface area contributed by atoms with Gasteiger partial charge in [-0.2, -0.15) is 0 Å². The number of pyridine rings is 1. The van der Waals surface area contributed by atoms with Crippen LogP contribution in [-0.4, -0.2) is 28.4 Å². The van der Waals surface area contributed by atoms with Crippen molar-refractivity contribution < 1.29 is 4.79 Å². The van der Waals surface area contributed by atoms with Crippen LogP contribution in [0.25, 0.3) is 0 Å². The van der Waals surface area contributed by atoms with Gasteiger partial charge in [-0.15, -0.1) is 0 Å². The second-order valence-electron chi connectivity index (χ2n) is 4.42. The van der Waals surface area contributed by atoms with E-state index in [0.29, 0.717) is 0 Å². The number of aromatic nitrogens is 1. The molecule has 2 atom stereocenters. The van der Waals surface area contributed by atoms with E-state index >= 15 is 0 Å². The quantitative estimate of drug-likeness (QED) is 0.765. The standard InChI is InChI=1S/C12H15N3O/c16-12-10-6-2-4-8-15(10)11(14-12)9-5-1-3-7-13-9/h1,3,5,7,10-11H,2,4,6,8H2,(H,14,16). The summed E-state index contributed by atoms with van der Waals surface area (Å²) in [7, 11) is 0. The van der Waals surface area contributed by atoms with Crippen LogP contribution in [0.5, 0.6) is 0 Å². The SMILES string of the molecule is O=C1NC(c2ccccn2)N2CCCCC12. The van der Waals surface area contributed by atoms with E-state index in [1.807, 2.05) is 18.2 Å². The molecular formula is C12H15N3O.